The van der Waals surface area contributed by atoms with E-state index in [4.69, 9.17) is 0 Å². The molecule has 0 spiro atoms. The summed E-state index contributed by atoms with van der Waals surface area (Å²) in [6, 6.07) is 22.6. The molecule has 0 radical (unpaired) electrons. The number of thiophene rings is 1. The van der Waals surface area contributed by atoms with E-state index in [9.17, 15) is 4.79 Å². The van der Waals surface area contributed by atoms with Crippen LogP contribution in [0.25, 0.3) is 0 Å². The molecule has 0 unspecified atom stereocenters. The van der Waals surface area contributed by atoms with E-state index in [0.29, 0.717) is 6.54 Å². The molecule has 0 fully saturated rings. The Morgan fingerprint density at radius 1 is 1.04 bits per heavy atom. The van der Waals surface area contributed by atoms with Crippen LogP contribution < -0.4 is 10.2 Å². The number of rotatable bonds is 5. The van der Waals surface area contributed by atoms with Crippen LogP contribution in [0.5, 0.6) is 0 Å². The van der Waals surface area contributed by atoms with Crippen LogP contribution in [0.4, 0.5) is 5.69 Å². The van der Waals surface area contributed by atoms with Crippen LogP contribution in [0.2, 0.25) is 0 Å². The Kier molecular flexibility index (Phi) is 5.80. The van der Waals surface area contributed by atoms with E-state index in [1.54, 1.807) is 11.3 Å². The van der Waals surface area contributed by atoms with Crippen LogP contribution in [0, 0.1) is 0 Å². The molecule has 3 aromatic rings. The maximum Gasteiger partial charge on any atom is 0.240 e. The third-order valence-corrected chi connectivity index (χ3v) is 6.72. The van der Waals surface area contributed by atoms with Gasteiger partial charge in [-0.3, -0.25) is 4.79 Å². The largest absolute Gasteiger partial charge is 0.361 e. The molecule has 2 aromatic carbocycles. The van der Waals surface area contributed by atoms with Gasteiger partial charge in [0.25, 0.3) is 0 Å². The van der Waals surface area contributed by atoms with E-state index < -0.39 is 0 Å². The number of carbonyl (C=O) groups is 1. The standard InChI is InChI=1S/C22H22N2OS2/c25-21(16-24-13-7-15-26-19-11-5-4-10-18(19)24)23-22(20-12-6-14-27-20)17-8-2-1-3-9-17/h1-6,8-12,14,22H,7,13,15-16H2,(H,23,25)/t22-/m0/s1. The molecule has 0 saturated heterocycles. The molecule has 1 amide bonds. The molecule has 1 atom stereocenters. The van der Waals surface area contributed by atoms with Crippen LogP contribution in [0.3, 0.4) is 0 Å². The molecule has 2 heterocycles. The van der Waals surface area contributed by atoms with Crippen molar-refractivity contribution in [3.63, 3.8) is 0 Å². The second kappa shape index (κ2) is 8.63. The SMILES string of the molecule is O=C(CN1CCCSc2ccccc21)N[C@@H](c1ccccc1)c1cccs1. The fourth-order valence-electron chi connectivity index (χ4n) is 3.36. The van der Waals surface area contributed by atoms with Gasteiger partial charge in [0, 0.05) is 16.3 Å². The van der Waals surface area contributed by atoms with Crippen molar-refractivity contribution >= 4 is 34.7 Å². The first-order chi connectivity index (χ1) is 13.3. The number of hydrogen-bond acceptors (Lipinski definition) is 4. The van der Waals surface area contributed by atoms with Crippen molar-refractivity contribution < 1.29 is 4.79 Å². The minimum Gasteiger partial charge on any atom is -0.361 e. The summed E-state index contributed by atoms with van der Waals surface area (Å²) in [4.78, 5) is 17.6. The van der Waals surface area contributed by atoms with E-state index in [2.05, 4.69) is 52.0 Å². The van der Waals surface area contributed by atoms with Gasteiger partial charge in [0.1, 0.15) is 0 Å². The third-order valence-electron chi connectivity index (χ3n) is 4.64. The Hall–Kier alpha value is -2.24. The molecule has 1 N–H and O–H groups in total. The summed E-state index contributed by atoms with van der Waals surface area (Å²) in [6.07, 6.45) is 1.08. The molecule has 3 nitrogen and oxygen atoms in total. The molecule has 5 heteroatoms. The first kappa shape index (κ1) is 18.1. The lowest BCUT2D eigenvalue weighted by atomic mass is 10.1. The van der Waals surface area contributed by atoms with Crippen LogP contribution in [0.15, 0.2) is 77.0 Å². The molecule has 27 heavy (non-hydrogen) atoms. The molecule has 0 saturated carbocycles. The maximum absolute atomic E-state index is 13.0. The molecule has 1 aliphatic heterocycles. The predicted octanol–water partition coefficient (Wildman–Crippen LogP) is 4.96. The van der Waals surface area contributed by atoms with Crippen LogP contribution in [0.1, 0.15) is 22.9 Å². The Morgan fingerprint density at radius 2 is 1.85 bits per heavy atom. The second-order valence-electron chi connectivity index (χ2n) is 6.52. The smallest absolute Gasteiger partial charge is 0.240 e. The van der Waals surface area contributed by atoms with Crippen molar-refractivity contribution in [1.82, 2.24) is 5.32 Å². The maximum atomic E-state index is 13.0. The minimum atomic E-state index is -0.102. The van der Waals surface area contributed by atoms with Gasteiger partial charge in [0.05, 0.1) is 18.3 Å². The molecule has 1 aromatic heterocycles. The summed E-state index contributed by atoms with van der Waals surface area (Å²) in [6.45, 7) is 1.29. The van der Waals surface area contributed by atoms with Gasteiger partial charge >= 0.3 is 0 Å². The van der Waals surface area contributed by atoms with Gasteiger partial charge in [-0.2, -0.15) is 0 Å². The number of nitrogens with zero attached hydrogens (tertiary/aromatic N) is 1. The van der Waals surface area contributed by atoms with Crippen LogP contribution >= 0.6 is 23.1 Å². The summed E-state index contributed by atoms with van der Waals surface area (Å²) in [5, 5.41) is 5.31. The van der Waals surface area contributed by atoms with E-state index >= 15 is 0 Å². The van der Waals surface area contributed by atoms with Crippen molar-refractivity contribution in [3.05, 3.63) is 82.6 Å². The average molecular weight is 395 g/mol. The van der Waals surface area contributed by atoms with Gasteiger partial charge in [-0.05, 0) is 41.3 Å². The summed E-state index contributed by atoms with van der Waals surface area (Å²) in [5.74, 6) is 1.15. The number of benzene rings is 2. The van der Waals surface area contributed by atoms with Gasteiger partial charge in [-0.25, -0.2) is 0 Å². The molecule has 0 aliphatic carbocycles. The first-order valence-corrected chi connectivity index (χ1v) is 11.0. The molecular weight excluding hydrogens is 372 g/mol. The molecule has 138 valence electrons. The topological polar surface area (TPSA) is 32.3 Å². The average Bonchev–Trinajstić information content (AvgIpc) is 3.16. The monoisotopic (exact) mass is 394 g/mol. The highest BCUT2D eigenvalue weighted by Gasteiger charge is 2.21. The summed E-state index contributed by atoms with van der Waals surface area (Å²) in [7, 11) is 0. The van der Waals surface area contributed by atoms with Gasteiger partial charge < -0.3 is 10.2 Å². The quantitative estimate of drug-likeness (QED) is 0.664. The zero-order valence-electron chi connectivity index (χ0n) is 15.0. The lowest BCUT2D eigenvalue weighted by Gasteiger charge is -2.25. The fraction of sp³-hybridized carbons (Fsp3) is 0.227. The summed E-state index contributed by atoms with van der Waals surface area (Å²) in [5.41, 5.74) is 2.28. The van der Waals surface area contributed by atoms with Crippen LogP contribution in [-0.2, 0) is 4.79 Å². The van der Waals surface area contributed by atoms with Gasteiger partial charge in [-0.1, -0.05) is 48.5 Å². The fourth-order valence-corrected chi connectivity index (χ4v) is 5.18. The highest BCUT2D eigenvalue weighted by molar-refractivity contribution is 7.99. The second-order valence-corrected chi connectivity index (χ2v) is 8.63. The summed E-state index contributed by atoms with van der Waals surface area (Å²) < 4.78 is 0. The predicted molar refractivity (Wildman–Crippen MR) is 115 cm³/mol. The zero-order chi connectivity index (χ0) is 18.5. The highest BCUT2D eigenvalue weighted by atomic mass is 32.2. The van der Waals surface area contributed by atoms with Crippen molar-refractivity contribution in [1.29, 1.82) is 0 Å². The number of nitrogens with one attached hydrogen (secondary N) is 1. The van der Waals surface area contributed by atoms with Gasteiger partial charge in [0.2, 0.25) is 5.91 Å². The number of thioether (sulfide) groups is 1. The number of carbonyl (C=O) groups excluding carboxylic acids is 1. The van der Waals surface area contributed by atoms with E-state index in [1.165, 1.54) is 10.6 Å². The van der Waals surface area contributed by atoms with E-state index in [1.807, 2.05) is 42.1 Å². The van der Waals surface area contributed by atoms with Crippen LogP contribution in [-0.4, -0.2) is 24.7 Å². The Morgan fingerprint density at radius 3 is 2.67 bits per heavy atom. The van der Waals surface area contributed by atoms with E-state index in [-0.39, 0.29) is 11.9 Å². The Balaban J connectivity index is 1.52. The third kappa shape index (κ3) is 4.37. The van der Waals surface area contributed by atoms with Crippen molar-refractivity contribution in [3.8, 4) is 0 Å². The molecular formula is C22H22N2OS2. The van der Waals surface area contributed by atoms with Crippen molar-refractivity contribution in [2.75, 3.05) is 23.7 Å². The zero-order valence-corrected chi connectivity index (χ0v) is 16.6. The molecule has 4 rings (SSSR count). The lowest BCUT2D eigenvalue weighted by Crippen LogP contribution is -2.39. The number of amides is 1. The number of para-hydroxylation sites is 1. The summed E-state index contributed by atoms with van der Waals surface area (Å²) >= 11 is 3.55. The minimum absolute atomic E-state index is 0.0546. The highest BCUT2D eigenvalue weighted by Crippen LogP contribution is 2.33. The lowest BCUT2D eigenvalue weighted by molar-refractivity contribution is -0.120. The molecule has 1 aliphatic rings. The van der Waals surface area contributed by atoms with Crippen molar-refractivity contribution in [2.24, 2.45) is 0 Å². The normalized spacial score (nSPS) is 14.9. The Labute approximate surface area is 168 Å². The molecule has 0 bridgehead atoms. The van der Waals surface area contributed by atoms with Gasteiger partial charge in [-0.15, -0.1) is 23.1 Å². The number of hydrogen-bond donors (Lipinski definition) is 1. The number of fused-ring (bicyclic) bond motifs is 1. The van der Waals surface area contributed by atoms with Gasteiger partial charge in [0.15, 0.2) is 0 Å². The van der Waals surface area contributed by atoms with E-state index in [0.717, 1.165) is 29.2 Å². The Bertz CT molecular complexity index is 880. The van der Waals surface area contributed by atoms with Crippen molar-refractivity contribution in [2.45, 2.75) is 17.4 Å². The number of anilines is 1. The first-order valence-electron chi connectivity index (χ1n) is 9.16.